The average molecular weight is 186 g/mol. The van der Waals surface area contributed by atoms with Gasteiger partial charge in [0.25, 0.3) is 0 Å². The smallest absolute Gasteiger partial charge is 0.212 e. The summed E-state index contributed by atoms with van der Waals surface area (Å²) in [5.41, 5.74) is 0.890. The van der Waals surface area contributed by atoms with Crippen LogP contribution in [0.1, 0.15) is 12.0 Å². The van der Waals surface area contributed by atoms with Crippen LogP contribution in [0.25, 0.3) is 6.08 Å². The summed E-state index contributed by atoms with van der Waals surface area (Å²) in [5.74, 6) is 0.148. The van der Waals surface area contributed by atoms with E-state index in [1.165, 1.54) is 12.3 Å². The molecule has 0 aliphatic heterocycles. The summed E-state index contributed by atoms with van der Waals surface area (Å²) in [5, 5.41) is 0. The number of pyridine rings is 1. The van der Waals surface area contributed by atoms with Crippen molar-refractivity contribution >= 4 is 17.7 Å². The molecule has 0 aliphatic rings. The van der Waals surface area contributed by atoms with Crippen molar-refractivity contribution in [3.63, 3.8) is 0 Å². The number of aromatic nitrogens is 1. The summed E-state index contributed by atoms with van der Waals surface area (Å²) in [4.78, 5) is 3.51. The van der Waals surface area contributed by atoms with Gasteiger partial charge in [-0.05, 0) is 24.1 Å². The highest BCUT2D eigenvalue weighted by molar-refractivity contribution is 6.17. The Labute approximate surface area is 75.9 Å². The van der Waals surface area contributed by atoms with Gasteiger partial charge in [-0.15, -0.1) is 11.6 Å². The zero-order chi connectivity index (χ0) is 8.81. The highest BCUT2D eigenvalue weighted by Crippen LogP contribution is 2.02. The zero-order valence-corrected chi connectivity index (χ0v) is 7.26. The number of halogens is 2. The Bertz CT molecular complexity index is 256. The maximum atomic E-state index is 12.3. The molecule has 0 aliphatic carbocycles. The molecule has 0 radical (unpaired) electrons. The predicted octanol–water partition coefficient (Wildman–Crippen LogP) is 2.86. The molecule has 0 saturated heterocycles. The van der Waals surface area contributed by atoms with Crippen molar-refractivity contribution in [3.8, 4) is 0 Å². The number of allylic oxidation sites excluding steroid dienone is 1. The molecule has 3 heteroatoms. The third-order valence-corrected chi connectivity index (χ3v) is 1.55. The predicted molar refractivity (Wildman–Crippen MR) is 48.6 cm³/mol. The van der Waals surface area contributed by atoms with Gasteiger partial charge in [-0.1, -0.05) is 12.2 Å². The van der Waals surface area contributed by atoms with Crippen LogP contribution in [0.3, 0.4) is 0 Å². The second-order valence-corrected chi connectivity index (χ2v) is 2.67. The number of hydrogen-bond donors (Lipinski definition) is 0. The van der Waals surface area contributed by atoms with Crippen molar-refractivity contribution in [1.29, 1.82) is 0 Å². The highest BCUT2D eigenvalue weighted by Gasteiger charge is 1.88. The third kappa shape index (κ3) is 3.01. The van der Waals surface area contributed by atoms with Gasteiger partial charge in [-0.25, -0.2) is 4.98 Å². The van der Waals surface area contributed by atoms with E-state index in [1.54, 1.807) is 6.07 Å². The van der Waals surface area contributed by atoms with E-state index in [2.05, 4.69) is 4.98 Å². The second-order valence-electron chi connectivity index (χ2n) is 2.29. The molecule has 0 N–H and O–H groups in total. The van der Waals surface area contributed by atoms with Gasteiger partial charge >= 0.3 is 0 Å². The van der Waals surface area contributed by atoms with Crippen molar-refractivity contribution in [3.05, 3.63) is 35.9 Å². The Morgan fingerprint density at radius 3 is 2.92 bits per heavy atom. The molecular formula is C9H9ClFN. The molecule has 1 nitrogen and oxygen atoms in total. The molecule has 0 aromatic carbocycles. The molecule has 0 bridgehead atoms. The lowest BCUT2D eigenvalue weighted by Gasteiger charge is -1.90. The van der Waals surface area contributed by atoms with E-state index < -0.39 is 5.95 Å². The van der Waals surface area contributed by atoms with Crippen LogP contribution in [0.4, 0.5) is 4.39 Å². The van der Waals surface area contributed by atoms with Crippen LogP contribution in [0, 0.1) is 5.95 Å². The van der Waals surface area contributed by atoms with E-state index in [4.69, 9.17) is 11.6 Å². The summed E-state index contributed by atoms with van der Waals surface area (Å²) in [6.45, 7) is 0. The highest BCUT2D eigenvalue weighted by atomic mass is 35.5. The Balaban J connectivity index is 2.58. The van der Waals surface area contributed by atoms with Gasteiger partial charge in [0.05, 0.1) is 0 Å². The molecule has 0 fully saturated rings. The lowest BCUT2D eigenvalue weighted by molar-refractivity contribution is 0.583. The number of alkyl halides is 1. The van der Waals surface area contributed by atoms with E-state index >= 15 is 0 Å². The van der Waals surface area contributed by atoms with Gasteiger partial charge in [0.1, 0.15) is 0 Å². The van der Waals surface area contributed by atoms with Crippen molar-refractivity contribution in [2.75, 3.05) is 5.88 Å². The fourth-order valence-corrected chi connectivity index (χ4v) is 0.894. The maximum absolute atomic E-state index is 12.3. The summed E-state index contributed by atoms with van der Waals surface area (Å²) in [7, 11) is 0. The van der Waals surface area contributed by atoms with Gasteiger partial charge in [0, 0.05) is 12.1 Å². The van der Waals surface area contributed by atoms with Crippen molar-refractivity contribution in [1.82, 2.24) is 4.98 Å². The van der Waals surface area contributed by atoms with Crippen LogP contribution in [0.2, 0.25) is 0 Å². The molecule has 0 atom stereocenters. The summed E-state index contributed by atoms with van der Waals surface area (Å²) in [6.07, 6.45) is 6.11. The normalized spacial score (nSPS) is 10.8. The average Bonchev–Trinajstić information content (AvgIpc) is 2.09. The minimum absolute atomic E-state index is 0.454. The molecular weight excluding hydrogens is 177 g/mol. The Morgan fingerprint density at radius 2 is 2.33 bits per heavy atom. The summed E-state index contributed by atoms with van der Waals surface area (Å²) in [6, 6.07) is 3.01. The van der Waals surface area contributed by atoms with Gasteiger partial charge in [0.15, 0.2) is 0 Å². The molecule has 0 amide bonds. The first kappa shape index (κ1) is 9.20. The van der Waals surface area contributed by atoms with Gasteiger partial charge < -0.3 is 0 Å². The van der Waals surface area contributed by atoms with Crippen LogP contribution < -0.4 is 0 Å². The van der Waals surface area contributed by atoms with E-state index in [1.807, 2.05) is 12.2 Å². The molecule has 1 rings (SSSR count). The minimum Gasteiger partial charge on any atom is -0.228 e. The molecule has 0 unspecified atom stereocenters. The lowest BCUT2D eigenvalue weighted by Crippen LogP contribution is -1.81. The van der Waals surface area contributed by atoms with Crippen molar-refractivity contribution in [2.45, 2.75) is 6.42 Å². The second kappa shape index (κ2) is 4.88. The standard InChI is InChI=1S/C9H9ClFN/c10-6-2-1-3-8-4-5-9(11)12-7-8/h1,3-5,7H,2,6H2. The Morgan fingerprint density at radius 1 is 1.50 bits per heavy atom. The van der Waals surface area contributed by atoms with Crippen molar-refractivity contribution < 1.29 is 4.39 Å². The first-order valence-electron chi connectivity index (χ1n) is 3.67. The van der Waals surface area contributed by atoms with Crippen molar-refractivity contribution in [2.24, 2.45) is 0 Å². The molecule has 0 spiro atoms. The number of nitrogens with zero attached hydrogens (tertiary/aromatic N) is 1. The Hall–Kier alpha value is -0.890. The van der Waals surface area contributed by atoms with Crippen LogP contribution in [-0.2, 0) is 0 Å². The fraction of sp³-hybridized carbons (Fsp3) is 0.222. The maximum Gasteiger partial charge on any atom is 0.212 e. The molecule has 64 valence electrons. The minimum atomic E-state index is -0.454. The lowest BCUT2D eigenvalue weighted by atomic mass is 10.2. The van der Waals surface area contributed by atoms with E-state index in [-0.39, 0.29) is 0 Å². The fourth-order valence-electron chi connectivity index (χ4n) is 0.768. The van der Waals surface area contributed by atoms with Crippen LogP contribution in [-0.4, -0.2) is 10.9 Å². The van der Waals surface area contributed by atoms with Gasteiger partial charge in [0.2, 0.25) is 5.95 Å². The SMILES string of the molecule is Fc1ccc(C=CCCCl)cn1. The topological polar surface area (TPSA) is 12.9 Å². The first-order chi connectivity index (χ1) is 5.83. The van der Waals surface area contributed by atoms with E-state index in [9.17, 15) is 4.39 Å². The molecule has 1 aromatic heterocycles. The molecule has 12 heavy (non-hydrogen) atoms. The monoisotopic (exact) mass is 185 g/mol. The van der Waals surface area contributed by atoms with Crippen LogP contribution in [0.5, 0.6) is 0 Å². The third-order valence-electron chi connectivity index (χ3n) is 1.34. The van der Waals surface area contributed by atoms with Gasteiger partial charge in [-0.3, -0.25) is 0 Å². The molecule has 1 aromatic rings. The van der Waals surface area contributed by atoms with E-state index in [0.717, 1.165) is 12.0 Å². The largest absolute Gasteiger partial charge is 0.228 e. The van der Waals surface area contributed by atoms with Gasteiger partial charge in [-0.2, -0.15) is 4.39 Å². The Kier molecular flexibility index (Phi) is 3.74. The van der Waals surface area contributed by atoms with Crippen LogP contribution in [0.15, 0.2) is 24.4 Å². The zero-order valence-electron chi connectivity index (χ0n) is 6.50. The van der Waals surface area contributed by atoms with Crippen LogP contribution >= 0.6 is 11.6 Å². The van der Waals surface area contributed by atoms with E-state index in [0.29, 0.717) is 5.88 Å². The molecule has 1 heterocycles. The summed E-state index contributed by atoms with van der Waals surface area (Å²) < 4.78 is 12.3. The molecule has 0 saturated carbocycles. The number of hydrogen-bond acceptors (Lipinski definition) is 1. The first-order valence-corrected chi connectivity index (χ1v) is 4.20. The number of rotatable bonds is 3. The quantitative estimate of drug-likeness (QED) is 0.521. The summed E-state index contributed by atoms with van der Waals surface area (Å²) >= 11 is 5.47.